The molecule has 0 atom stereocenters. The molecule has 0 saturated carbocycles. The van der Waals surface area contributed by atoms with Crippen LogP contribution in [0, 0.1) is 13.8 Å². The maximum Gasteiger partial charge on any atom is 0.136 e. The van der Waals surface area contributed by atoms with Gasteiger partial charge in [-0.1, -0.05) is 48.0 Å². The summed E-state index contributed by atoms with van der Waals surface area (Å²) in [5.74, 6) is 0. The number of furan rings is 1. The summed E-state index contributed by atoms with van der Waals surface area (Å²) in [5, 5.41) is 2.37. The summed E-state index contributed by atoms with van der Waals surface area (Å²) in [6.07, 6.45) is 0. The Bertz CT molecular complexity index is 943. The second-order valence-electron chi connectivity index (χ2n) is 5.68. The molecule has 0 aliphatic rings. The Hall–Kier alpha value is -2.54. The summed E-state index contributed by atoms with van der Waals surface area (Å²) in [4.78, 5) is 0. The molecule has 1 heteroatoms. The van der Waals surface area contributed by atoms with Crippen LogP contribution in [0.3, 0.4) is 0 Å². The minimum atomic E-state index is 0.952. The first-order valence-corrected chi connectivity index (χ1v) is 7.21. The number of fused-ring (bicyclic) bond motifs is 3. The van der Waals surface area contributed by atoms with Gasteiger partial charge in [0, 0.05) is 10.8 Å². The lowest BCUT2D eigenvalue weighted by molar-refractivity contribution is 0.668. The predicted octanol–water partition coefficient (Wildman–Crippen LogP) is 5.87. The molecule has 0 spiro atoms. The van der Waals surface area contributed by atoms with Crippen molar-refractivity contribution in [3.63, 3.8) is 0 Å². The molecule has 1 nitrogen and oxygen atoms in total. The SMILES string of the molecule is Cc1ccc(-c2ccc3c(c2)oc2cc(C)ccc23)cc1. The first-order chi connectivity index (χ1) is 10.2. The molecule has 0 unspecified atom stereocenters. The van der Waals surface area contributed by atoms with E-state index in [2.05, 4.69) is 74.5 Å². The second kappa shape index (κ2) is 4.49. The standard InChI is InChI=1S/C20H16O/c1-13-3-6-15(7-4-13)16-8-10-18-17-9-5-14(2)11-19(17)21-20(18)12-16/h3-12H,1-2H3. The van der Waals surface area contributed by atoms with Crippen LogP contribution in [0.15, 0.2) is 65.1 Å². The van der Waals surface area contributed by atoms with Crippen LogP contribution in [-0.4, -0.2) is 0 Å². The Labute approximate surface area is 123 Å². The summed E-state index contributed by atoms with van der Waals surface area (Å²) in [6.45, 7) is 4.19. The Morgan fingerprint density at radius 2 is 1.14 bits per heavy atom. The van der Waals surface area contributed by atoms with Crippen molar-refractivity contribution in [2.45, 2.75) is 13.8 Å². The molecule has 1 aromatic heterocycles. The number of aryl methyl sites for hydroxylation is 2. The van der Waals surface area contributed by atoms with Gasteiger partial charge >= 0.3 is 0 Å². The summed E-state index contributed by atoms with van der Waals surface area (Å²) in [5.41, 5.74) is 6.83. The Morgan fingerprint density at radius 1 is 0.571 bits per heavy atom. The second-order valence-corrected chi connectivity index (χ2v) is 5.68. The molecule has 102 valence electrons. The van der Waals surface area contributed by atoms with E-state index in [4.69, 9.17) is 4.42 Å². The van der Waals surface area contributed by atoms with Crippen LogP contribution in [-0.2, 0) is 0 Å². The molecule has 3 aromatic carbocycles. The highest BCUT2D eigenvalue weighted by Gasteiger charge is 2.08. The summed E-state index contributed by atoms with van der Waals surface area (Å²) in [6, 6.07) is 21.4. The Balaban J connectivity index is 1.93. The average molecular weight is 272 g/mol. The van der Waals surface area contributed by atoms with Gasteiger partial charge in [-0.2, -0.15) is 0 Å². The van der Waals surface area contributed by atoms with Crippen molar-refractivity contribution in [2.75, 3.05) is 0 Å². The van der Waals surface area contributed by atoms with Gasteiger partial charge in [-0.15, -0.1) is 0 Å². The van der Waals surface area contributed by atoms with Crippen molar-refractivity contribution < 1.29 is 4.42 Å². The molecular formula is C20H16O. The van der Waals surface area contributed by atoms with Crippen molar-refractivity contribution in [3.8, 4) is 11.1 Å². The van der Waals surface area contributed by atoms with E-state index in [0.717, 1.165) is 11.2 Å². The predicted molar refractivity (Wildman–Crippen MR) is 88.6 cm³/mol. The number of benzene rings is 3. The highest BCUT2D eigenvalue weighted by molar-refractivity contribution is 6.06. The molecular weight excluding hydrogens is 256 g/mol. The first-order valence-electron chi connectivity index (χ1n) is 7.21. The molecule has 0 radical (unpaired) electrons. The highest BCUT2D eigenvalue weighted by Crippen LogP contribution is 2.32. The lowest BCUT2D eigenvalue weighted by Gasteiger charge is -2.02. The largest absolute Gasteiger partial charge is 0.456 e. The first kappa shape index (κ1) is 12.2. The molecule has 4 aromatic rings. The van der Waals surface area contributed by atoms with E-state index in [1.165, 1.54) is 33.0 Å². The Kier molecular flexibility index (Phi) is 2.61. The van der Waals surface area contributed by atoms with E-state index < -0.39 is 0 Å². The summed E-state index contributed by atoms with van der Waals surface area (Å²) in [7, 11) is 0. The number of hydrogen-bond donors (Lipinski definition) is 0. The molecule has 0 fully saturated rings. The summed E-state index contributed by atoms with van der Waals surface area (Å²) >= 11 is 0. The molecule has 0 amide bonds. The van der Waals surface area contributed by atoms with Crippen molar-refractivity contribution in [1.29, 1.82) is 0 Å². The van der Waals surface area contributed by atoms with Crippen LogP contribution in [0.2, 0.25) is 0 Å². The van der Waals surface area contributed by atoms with E-state index in [0.29, 0.717) is 0 Å². The van der Waals surface area contributed by atoms with Gasteiger partial charge in [-0.25, -0.2) is 0 Å². The topological polar surface area (TPSA) is 13.1 Å². The molecule has 4 rings (SSSR count). The summed E-state index contributed by atoms with van der Waals surface area (Å²) < 4.78 is 6.02. The van der Waals surface area contributed by atoms with Crippen molar-refractivity contribution in [3.05, 3.63) is 71.8 Å². The molecule has 1 heterocycles. The lowest BCUT2D eigenvalue weighted by atomic mass is 10.0. The van der Waals surface area contributed by atoms with Crippen LogP contribution < -0.4 is 0 Å². The van der Waals surface area contributed by atoms with Crippen molar-refractivity contribution >= 4 is 21.9 Å². The average Bonchev–Trinajstić information content (AvgIpc) is 2.84. The van der Waals surface area contributed by atoms with Gasteiger partial charge in [-0.3, -0.25) is 0 Å². The van der Waals surface area contributed by atoms with Gasteiger partial charge in [0.1, 0.15) is 11.2 Å². The third-order valence-corrected chi connectivity index (χ3v) is 4.01. The van der Waals surface area contributed by atoms with Gasteiger partial charge in [0.05, 0.1) is 0 Å². The van der Waals surface area contributed by atoms with E-state index in [-0.39, 0.29) is 0 Å². The van der Waals surface area contributed by atoms with Crippen LogP contribution in [0.5, 0.6) is 0 Å². The van der Waals surface area contributed by atoms with Crippen LogP contribution >= 0.6 is 0 Å². The van der Waals surface area contributed by atoms with Gasteiger partial charge in [0.15, 0.2) is 0 Å². The van der Waals surface area contributed by atoms with E-state index in [1.54, 1.807) is 0 Å². The molecule has 0 aliphatic heterocycles. The third-order valence-electron chi connectivity index (χ3n) is 4.01. The monoisotopic (exact) mass is 272 g/mol. The molecule has 0 bridgehead atoms. The smallest absolute Gasteiger partial charge is 0.136 e. The van der Waals surface area contributed by atoms with Gasteiger partial charge in [-0.05, 0) is 48.7 Å². The maximum atomic E-state index is 6.02. The van der Waals surface area contributed by atoms with E-state index in [9.17, 15) is 0 Å². The van der Waals surface area contributed by atoms with Gasteiger partial charge in [0.2, 0.25) is 0 Å². The zero-order valence-electron chi connectivity index (χ0n) is 12.2. The van der Waals surface area contributed by atoms with E-state index >= 15 is 0 Å². The zero-order chi connectivity index (χ0) is 14.4. The normalized spacial score (nSPS) is 11.3. The fraction of sp³-hybridized carbons (Fsp3) is 0.100. The van der Waals surface area contributed by atoms with Gasteiger partial charge < -0.3 is 4.42 Å². The quantitative estimate of drug-likeness (QED) is 0.422. The third kappa shape index (κ3) is 2.02. The zero-order valence-corrected chi connectivity index (χ0v) is 12.2. The van der Waals surface area contributed by atoms with Crippen molar-refractivity contribution in [1.82, 2.24) is 0 Å². The fourth-order valence-corrected chi connectivity index (χ4v) is 2.81. The highest BCUT2D eigenvalue weighted by atomic mass is 16.3. The molecule has 0 saturated heterocycles. The van der Waals surface area contributed by atoms with Crippen molar-refractivity contribution in [2.24, 2.45) is 0 Å². The maximum absolute atomic E-state index is 6.02. The van der Waals surface area contributed by atoms with Crippen LogP contribution in [0.4, 0.5) is 0 Å². The minimum Gasteiger partial charge on any atom is -0.456 e. The van der Waals surface area contributed by atoms with E-state index in [1.807, 2.05) is 0 Å². The number of rotatable bonds is 1. The Morgan fingerprint density at radius 3 is 1.90 bits per heavy atom. The fourth-order valence-electron chi connectivity index (χ4n) is 2.81. The number of hydrogen-bond acceptors (Lipinski definition) is 1. The molecule has 21 heavy (non-hydrogen) atoms. The minimum absolute atomic E-state index is 0.952. The van der Waals surface area contributed by atoms with Crippen LogP contribution in [0.1, 0.15) is 11.1 Å². The van der Waals surface area contributed by atoms with Gasteiger partial charge in [0.25, 0.3) is 0 Å². The lowest BCUT2D eigenvalue weighted by Crippen LogP contribution is -1.78. The molecule has 0 N–H and O–H groups in total. The molecule has 0 aliphatic carbocycles. The van der Waals surface area contributed by atoms with Crippen LogP contribution in [0.25, 0.3) is 33.1 Å².